The molecule has 1 fully saturated rings. The summed E-state index contributed by atoms with van der Waals surface area (Å²) in [5, 5.41) is 0.999. The van der Waals surface area contributed by atoms with Gasteiger partial charge in [0.25, 0.3) is 0 Å². The quantitative estimate of drug-likeness (QED) is 0.671. The first-order chi connectivity index (χ1) is 12.8. The van der Waals surface area contributed by atoms with Gasteiger partial charge in [-0.25, -0.2) is 4.98 Å². The van der Waals surface area contributed by atoms with E-state index < -0.39 is 0 Å². The van der Waals surface area contributed by atoms with Crippen LogP contribution in [0.1, 0.15) is 19.3 Å². The SMILES string of the molecule is COc1ccc(OC)c2c(-c3ccccc3)cc(N3CCCCC3)nc12. The normalized spacial score (nSPS) is 14.5. The fraction of sp³-hybridized carbons (Fsp3) is 0.318. The molecule has 4 nitrogen and oxygen atoms in total. The number of ether oxygens (including phenoxy) is 2. The molecule has 0 unspecified atom stereocenters. The maximum atomic E-state index is 5.67. The molecule has 0 radical (unpaired) electrons. The van der Waals surface area contributed by atoms with Crippen LogP contribution in [0, 0.1) is 0 Å². The molecule has 3 aromatic rings. The van der Waals surface area contributed by atoms with Gasteiger partial charge >= 0.3 is 0 Å². The van der Waals surface area contributed by atoms with Crippen LogP contribution < -0.4 is 14.4 Å². The van der Waals surface area contributed by atoms with Crippen molar-refractivity contribution in [3.63, 3.8) is 0 Å². The van der Waals surface area contributed by atoms with E-state index in [0.29, 0.717) is 0 Å². The Hall–Kier alpha value is -2.75. The molecule has 1 aliphatic heterocycles. The summed E-state index contributed by atoms with van der Waals surface area (Å²) in [6, 6.07) is 16.5. The fourth-order valence-corrected chi connectivity index (χ4v) is 3.74. The molecule has 2 aromatic carbocycles. The van der Waals surface area contributed by atoms with E-state index in [9.17, 15) is 0 Å². The molecule has 1 aromatic heterocycles. The van der Waals surface area contributed by atoms with E-state index in [4.69, 9.17) is 14.5 Å². The van der Waals surface area contributed by atoms with E-state index in [1.165, 1.54) is 19.3 Å². The Kier molecular flexibility index (Phi) is 4.65. The summed E-state index contributed by atoms with van der Waals surface area (Å²) < 4.78 is 11.3. The highest BCUT2D eigenvalue weighted by atomic mass is 16.5. The second-order valence-electron chi connectivity index (χ2n) is 6.64. The summed E-state index contributed by atoms with van der Waals surface area (Å²) in [6.45, 7) is 2.11. The molecule has 0 N–H and O–H groups in total. The lowest BCUT2D eigenvalue weighted by Gasteiger charge is -2.29. The fourth-order valence-electron chi connectivity index (χ4n) is 3.74. The van der Waals surface area contributed by atoms with E-state index in [2.05, 4.69) is 35.2 Å². The zero-order valence-corrected chi connectivity index (χ0v) is 15.4. The first-order valence-electron chi connectivity index (χ1n) is 9.18. The molecule has 4 heteroatoms. The predicted octanol–water partition coefficient (Wildman–Crippen LogP) is 4.91. The molecular formula is C22H24N2O2. The van der Waals surface area contributed by atoms with Crippen LogP contribution in [0.3, 0.4) is 0 Å². The zero-order valence-electron chi connectivity index (χ0n) is 15.4. The molecule has 0 aliphatic carbocycles. The van der Waals surface area contributed by atoms with Crippen LogP contribution in [-0.4, -0.2) is 32.3 Å². The maximum Gasteiger partial charge on any atom is 0.145 e. The van der Waals surface area contributed by atoms with Crippen LogP contribution in [0.2, 0.25) is 0 Å². The first-order valence-corrected chi connectivity index (χ1v) is 9.18. The zero-order chi connectivity index (χ0) is 17.9. The van der Waals surface area contributed by atoms with Crippen molar-refractivity contribution in [1.29, 1.82) is 0 Å². The van der Waals surface area contributed by atoms with Crippen molar-refractivity contribution < 1.29 is 9.47 Å². The lowest BCUT2D eigenvalue weighted by Crippen LogP contribution is -2.30. The van der Waals surface area contributed by atoms with Crippen molar-refractivity contribution in [2.24, 2.45) is 0 Å². The third kappa shape index (κ3) is 2.96. The second-order valence-corrected chi connectivity index (χ2v) is 6.64. The van der Waals surface area contributed by atoms with Gasteiger partial charge in [0.05, 0.1) is 19.6 Å². The number of methoxy groups -OCH3 is 2. The molecule has 0 atom stereocenters. The van der Waals surface area contributed by atoms with E-state index in [1.54, 1.807) is 14.2 Å². The number of hydrogen-bond acceptors (Lipinski definition) is 4. The Bertz CT molecular complexity index is 903. The van der Waals surface area contributed by atoms with Crippen molar-refractivity contribution in [2.75, 3.05) is 32.2 Å². The van der Waals surface area contributed by atoms with Crippen LogP contribution in [0.25, 0.3) is 22.0 Å². The van der Waals surface area contributed by atoms with Gasteiger partial charge in [-0.05, 0) is 48.6 Å². The molecule has 0 amide bonds. The van der Waals surface area contributed by atoms with Gasteiger partial charge in [-0.2, -0.15) is 0 Å². The average molecular weight is 348 g/mol. The van der Waals surface area contributed by atoms with E-state index >= 15 is 0 Å². The van der Waals surface area contributed by atoms with Crippen LogP contribution in [-0.2, 0) is 0 Å². The van der Waals surface area contributed by atoms with Gasteiger partial charge in [-0.3, -0.25) is 0 Å². The molecule has 1 saturated heterocycles. The van der Waals surface area contributed by atoms with Gasteiger partial charge in [0.1, 0.15) is 22.8 Å². The highest BCUT2D eigenvalue weighted by Gasteiger charge is 2.19. The lowest BCUT2D eigenvalue weighted by atomic mass is 9.99. The number of anilines is 1. The Morgan fingerprint density at radius 2 is 1.54 bits per heavy atom. The van der Waals surface area contributed by atoms with Gasteiger partial charge in [-0.15, -0.1) is 0 Å². The second kappa shape index (κ2) is 7.24. The molecule has 0 saturated carbocycles. The van der Waals surface area contributed by atoms with Crippen molar-refractivity contribution >= 4 is 16.7 Å². The Balaban J connectivity index is 2.01. The van der Waals surface area contributed by atoms with E-state index in [-0.39, 0.29) is 0 Å². The summed E-state index contributed by atoms with van der Waals surface area (Å²) in [7, 11) is 3.40. The predicted molar refractivity (Wildman–Crippen MR) is 106 cm³/mol. The number of nitrogens with zero attached hydrogens (tertiary/aromatic N) is 2. The van der Waals surface area contributed by atoms with Gasteiger partial charge < -0.3 is 14.4 Å². The topological polar surface area (TPSA) is 34.6 Å². The highest BCUT2D eigenvalue weighted by molar-refractivity contribution is 6.03. The number of benzene rings is 2. The smallest absolute Gasteiger partial charge is 0.145 e. The minimum Gasteiger partial charge on any atom is -0.496 e. The molecule has 1 aliphatic rings. The monoisotopic (exact) mass is 348 g/mol. The number of aromatic nitrogens is 1. The third-order valence-electron chi connectivity index (χ3n) is 5.08. The Morgan fingerprint density at radius 1 is 0.846 bits per heavy atom. The number of pyridine rings is 1. The van der Waals surface area contributed by atoms with Gasteiger partial charge in [-0.1, -0.05) is 30.3 Å². The molecule has 2 heterocycles. The summed E-state index contributed by atoms with van der Waals surface area (Å²) in [6.07, 6.45) is 3.73. The van der Waals surface area contributed by atoms with Crippen molar-refractivity contribution in [1.82, 2.24) is 4.98 Å². The Labute approximate surface area is 154 Å². The van der Waals surface area contributed by atoms with Gasteiger partial charge in [0.15, 0.2) is 0 Å². The van der Waals surface area contributed by atoms with Crippen molar-refractivity contribution in [3.05, 3.63) is 48.5 Å². The number of hydrogen-bond donors (Lipinski definition) is 0. The molecule has 0 spiro atoms. The summed E-state index contributed by atoms with van der Waals surface area (Å²) in [4.78, 5) is 7.37. The van der Waals surface area contributed by atoms with Crippen LogP contribution >= 0.6 is 0 Å². The minimum atomic E-state index is 0.775. The van der Waals surface area contributed by atoms with Crippen LogP contribution in [0.5, 0.6) is 11.5 Å². The van der Waals surface area contributed by atoms with Crippen molar-refractivity contribution in [2.45, 2.75) is 19.3 Å². The molecule has 26 heavy (non-hydrogen) atoms. The summed E-state index contributed by atoms with van der Waals surface area (Å²) in [5.41, 5.74) is 3.14. The van der Waals surface area contributed by atoms with Gasteiger partial charge in [0.2, 0.25) is 0 Å². The number of fused-ring (bicyclic) bond motifs is 1. The Morgan fingerprint density at radius 3 is 2.23 bits per heavy atom. The average Bonchev–Trinajstić information content (AvgIpc) is 2.73. The minimum absolute atomic E-state index is 0.775. The standard InChI is InChI=1S/C22H24N2O2/c1-25-18-11-12-19(26-2)22-21(18)17(16-9-5-3-6-10-16)15-20(23-22)24-13-7-4-8-14-24/h3,5-6,9-12,15H,4,7-8,13-14H2,1-2H3. The van der Waals surface area contributed by atoms with Crippen LogP contribution in [0.15, 0.2) is 48.5 Å². The maximum absolute atomic E-state index is 5.67. The number of rotatable bonds is 4. The van der Waals surface area contributed by atoms with E-state index in [1.807, 2.05) is 18.2 Å². The summed E-state index contributed by atoms with van der Waals surface area (Å²) in [5.74, 6) is 2.61. The largest absolute Gasteiger partial charge is 0.496 e. The van der Waals surface area contributed by atoms with Crippen LogP contribution in [0.4, 0.5) is 5.82 Å². The van der Waals surface area contributed by atoms with E-state index in [0.717, 1.165) is 52.4 Å². The van der Waals surface area contributed by atoms with Gasteiger partial charge in [0, 0.05) is 13.1 Å². The molecule has 0 bridgehead atoms. The molecule has 4 rings (SSSR count). The molecular weight excluding hydrogens is 324 g/mol. The first kappa shape index (κ1) is 16.7. The number of piperidine rings is 1. The molecule has 134 valence electrons. The lowest BCUT2D eigenvalue weighted by molar-refractivity contribution is 0.410. The summed E-state index contributed by atoms with van der Waals surface area (Å²) >= 11 is 0. The van der Waals surface area contributed by atoms with Crippen molar-refractivity contribution in [3.8, 4) is 22.6 Å². The third-order valence-corrected chi connectivity index (χ3v) is 5.08. The highest BCUT2D eigenvalue weighted by Crippen LogP contribution is 2.41.